The minimum atomic E-state index is -0.368. The molecule has 0 aliphatic heterocycles. The van der Waals surface area contributed by atoms with E-state index in [1.165, 1.54) is 41.1 Å². The van der Waals surface area contributed by atoms with Crippen LogP contribution in [0.25, 0.3) is 0 Å². The van der Waals surface area contributed by atoms with Gasteiger partial charge in [-0.25, -0.2) is 4.79 Å². The Labute approximate surface area is 151 Å². The van der Waals surface area contributed by atoms with Gasteiger partial charge >= 0.3 is 5.97 Å². The van der Waals surface area contributed by atoms with Crippen LogP contribution >= 0.6 is 38.6 Å². The van der Waals surface area contributed by atoms with Gasteiger partial charge in [0.15, 0.2) is 0 Å². The molecule has 0 saturated heterocycles. The van der Waals surface area contributed by atoms with Crippen LogP contribution in [0.1, 0.15) is 49.7 Å². The van der Waals surface area contributed by atoms with E-state index < -0.39 is 0 Å². The fourth-order valence-electron chi connectivity index (χ4n) is 2.75. The predicted molar refractivity (Wildman–Crippen MR) is 96.9 cm³/mol. The Morgan fingerprint density at radius 2 is 1.96 bits per heavy atom. The van der Waals surface area contributed by atoms with Gasteiger partial charge in [0.1, 0.15) is 5.00 Å². The molecule has 122 valence electrons. The van der Waals surface area contributed by atoms with E-state index in [-0.39, 0.29) is 11.9 Å². The second-order valence-corrected chi connectivity index (χ2v) is 8.89. The zero-order valence-electron chi connectivity index (χ0n) is 12.6. The molecule has 0 saturated carbocycles. The monoisotopic (exact) mass is 413 g/mol. The molecule has 2 aromatic heterocycles. The van der Waals surface area contributed by atoms with Crippen molar-refractivity contribution in [2.75, 3.05) is 12.4 Å². The van der Waals surface area contributed by atoms with Gasteiger partial charge in [-0.1, -0.05) is 6.42 Å². The highest BCUT2D eigenvalue weighted by Crippen LogP contribution is 2.38. The van der Waals surface area contributed by atoms with Crippen LogP contribution in [0.2, 0.25) is 0 Å². The molecule has 0 fully saturated rings. The fourth-order valence-corrected chi connectivity index (χ4v) is 5.30. The number of fused-ring (bicyclic) bond motifs is 1. The maximum absolute atomic E-state index is 12.4. The SMILES string of the molecule is COC(=O)c1c(NC(=O)c2ccc(Br)s2)sc2c1CCCCC2. The highest BCUT2D eigenvalue weighted by atomic mass is 79.9. The number of amides is 1. The average Bonchev–Trinajstić information content (AvgIpc) is 3.03. The highest BCUT2D eigenvalue weighted by molar-refractivity contribution is 9.11. The molecule has 1 aliphatic carbocycles. The Balaban J connectivity index is 1.94. The van der Waals surface area contributed by atoms with Crippen LogP contribution < -0.4 is 5.32 Å². The standard InChI is InChI=1S/C16H16BrNO3S2/c1-21-16(20)13-9-5-3-2-4-6-10(9)23-15(13)18-14(19)11-7-8-12(17)22-11/h7-8H,2-6H2,1H3,(H,18,19). The lowest BCUT2D eigenvalue weighted by molar-refractivity contribution is 0.0601. The van der Waals surface area contributed by atoms with Crippen molar-refractivity contribution in [2.45, 2.75) is 32.1 Å². The topological polar surface area (TPSA) is 55.4 Å². The number of esters is 1. The maximum atomic E-state index is 12.4. The number of rotatable bonds is 3. The lowest BCUT2D eigenvalue weighted by Gasteiger charge is -2.06. The van der Waals surface area contributed by atoms with Gasteiger partial charge in [0.2, 0.25) is 0 Å². The second-order valence-electron chi connectivity index (χ2n) is 5.32. The maximum Gasteiger partial charge on any atom is 0.341 e. The van der Waals surface area contributed by atoms with E-state index in [0.29, 0.717) is 15.4 Å². The molecule has 2 heterocycles. The van der Waals surface area contributed by atoms with Gasteiger partial charge in [-0.05, 0) is 59.3 Å². The molecular formula is C16H16BrNO3S2. The van der Waals surface area contributed by atoms with Gasteiger partial charge in [0, 0.05) is 4.88 Å². The number of carbonyl (C=O) groups is 2. The number of hydrogen-bond acceptors (Lipinski definition) is 5. The van der Waals surface area contributed by atoms with Crippen molar-refractivity contribution in [3.63, 3.8) is 0 Å². The average molecular weight is 414 g/mol. The van der Waals surface area contributed by atoms with Crippen molar-refractivity contribution in [1.29, 1.82) is 0 Å². The summed E-state index contributed by atoms with van der Waals surface area (Å²) in [6, 6.07) is 3.60. The van der Waals surface area contributed by atoms with Crippen molar-refractivity contribution in [3.05, 3.63) is 36.8 Å². The lowest BCUT2D eigenvalue weighted by atomic mass is 10.1. The van der Waals surface area contributed by atoms with Gasteiger partial charge in [-0.2, -0.15) is 0 Å². The molecular weight excluding hydrogens is 398 g/mol. The number of thiophene rings is 2. The van der Waals surface area contributed by atoms with Crippen molar-refractivity contribution in [2.24, 2.45) is 0 Å². The summed E-state index contributed by atoms with van der Waals surface area (Å²) >= 11 is 6.23. The minimum absolute atomic E-state index is 0.192. The van der Waals surface area contributed by atoms with Crippen LogP contribution in [0.15, 0.2) is 15.9 Å². The van der Waals surface area contributed by atoms with Crippen LogP contribution in [-0.4, -0.2) is 19.0 Å². The summed E-state index contributed by atoms with van der Waals surface area (Å²) < 4.78 is 5.85. The molecule has 0 radical (unpaired) electrons. The number of ether oxygens (including phenoxy) is 1. The molecule has 23 heavy (non-hydrogen) atoms. The van der Waals surface area contributed by atoms with Crippen molar-refractivity contribution in [3.8, 4) is 0 Å². The van der Waals surface area contributed by atoms with E-state index >= 15 is 0 Å². The first-order valence-corrected chi connectivity index (χ1v) is 9.82. The predicted octanol–water partition coefficient (Wildman–Crippen LogP) is 4.88. The third kappa shape index (κ3) is 3.51. The van der Waals surface area contributed by atoms with Crippen LogP contribution in [0.3, 0.4) is 0 Å². The first-order chi connectivity index (χ1) is 11.1. The van der Waals surface area contributed by atoms with Crippen LogP contribution in [0.4, 0.5) is 5.00 Å². The number of anilines is 1. The van der Waals surface area contributed by atoms with E-state index in [0.717, 1.165) is 35.0 Å². The van der Waals surface area contributed by atoms with Crippen LogP contribution in [-0.2, 0) is 17.6 Å². The Morgan fingerprint density at radius 1 is 1.17 bits per heavy atom. The molecule has 1 amide bonds. The minimum Gasteiger partial charge on any atom is -0.465 e. The Hall–Kier alpha value is -1.18. The van der Waals surface area contributed by atoms with Gasteiger partial charge < -0.3 is 10.1 Å². The van der Waals surface area contributed by atoms with E-state index in [9.17, 15) is 9.59 Å². The van der Waals surface area contributed by atoms with Gasteiger partial charge in [-0.15, -0.1) is 22.7 Å². The summed E-state index contributed by atoms with van der Waals surface area (Å²) in [5.41, 5.74) is 1.60. The summed E-state index contributed by atoms with van der Waals surface area (Å²) in [4.78, 5) is 26.4. The van der Waals surface area contributed by atoms with E-state index in [1.54, 1.807) is 6.07 Å². The zero-order chi connectivity index (χ0) is 16.4. The molecule has 0 atom stereocenters. The number of halogens is 1. The smallest absolute Gasteiger partial charge is 0.341 e. The van der Waals surface area contributed by atoms with Crippen LogP contribution in [0, 0.1) is 0 Å². The van der Waals surface area contributed by atoms with Crippen molar-refractivity contribution >= 4 is 55.5 Å². The summed E-state index contributed by atoms with van der Waals surface area (Å²) in [6.45, 7) is 0. The molecule has 0 aromatic carbocycles. The summed E-state index contributed by atoms with van der Waals surface area (Å²) in [5.74, 6) is -0.561. The first kappa shape index (κ1) is 16.7. The van der Waals surface area contributed by atoms with E-state index in [4.69, 9.17) is 4.74 Å². The molecule has 1 aliphatic rings. The molecule has 3 rings (SSSR count). The normalized spacial score (nSPS) is 14.0. The molecule has 4 nitrogen and oxygen atoms in total. The molecule has 2 aromatic rings. The van der Waals surface area contributed by atoms with Gasteiger partial charge in [-0.3, -0.25) is 4.79 Å². The van der Waals surface area contributed by atoms with Gasteiger partial charge in [0.25, 0.3) is 5.91 Å². The number of nitrogens with one attached hydrogen (secondary N) is 1. The molecule has 0 spiro atoms. The Kier molecular flexibility index (Phi) is 5.18. The molecule has 7 heteroatoms. The number of aryl methyl sites for hydroxylation is 1. The zero-order valence-corrected chi connectivity index (χ0v) is 15.8. The molecule has 1 N–H and O–H groups in total. The summed E-state index contributed by atoms with van der Waals surface area (Å²) in [6.07, 6.45) is 5.20. The third-order valence-electron chi connectivity index (χ3n) is 3.83. The second kappa shape index (κ2) is 7.15. The van der Waals surface area contributed by atoms with Gasteiger partial charge in [0.05, 0.1) is 21.3 Å². The summed E-state index contributed by atoms with van der Waals surface area (Å²) in [5, 5.41) is 3.51. The first-order valence-electron chi connectivity index (χ1n) is 7.39. The quantitative estimate of drug-likeness (QED) is 0.575. The van der Waals surface area contributed by atoms with Crippen molar-refractivity contribution < 1.29 is 14.3 Å². The van der Waals surface area contributed by atoms with E-state index in [1.807, 2.05) is 6.07 Å². The number of carbonyl (C=O) groups excluding carboxylic acids is 2. The number of methoxy groups -OCH3 is 1. The van der Waals surface area contributed by atoms with Crippen LogP contribution in [0.5, 0.6) is 0 Å². The number of hydrogen-bond donors (Lipinski definition) is 1. The Bertz CT molecular complexity index is 751. The lowest BCUT2D eigenvalue weighted by Crippen LogP contribution is -2.13. The summed E-state index contributed by atoms with van der Waals surface area (Å²) in [7, 11) is 1.38. The molecule has 0 bridgehead atoms. The fraction of sp³-hybridized carbons (Fsp3) is 0.375. The highest BCUT2D eigenvalue weighted by Gasteiger charge is 2.26. The molecule has 0 unspecified atom stereocenters. The van der Waals surface area contributed by atoms with Crippen molar-refractivity contribution in [1.82, 2.24) is 0 Å². The largest absolute Gasteiger partial charge is 0.465 e. The third-order valence-corrected chi connectivity index (χ3v) is 6.66. The Morgan fingerprint density at radius 3 is 2.65 bits per heavy atom. The van der Waals surface area contributed by atoms with E-state index in [2.05, 4.69) is 21.2 Å².